The van der Waals surface area contributed by atoms with Gasteiger partial charge in [0.25, 0.3) is 0 Å². The summed E-state index contributed by atoms with van der Waals surface area (Å²) in [5, 5.41) is 8.91. The van der Waals surface area contributed by atoms with Crippen LogP contribution in [-0.2, 0) is 11.2 Å². The number of aliphatic hydroxyl groups excluding tert-OH is 1. The van der Waals surface area contributed by atoms with Crippen molar-refractivity contribution in [3.8, 4) is 0 Å². The zero-order chi connectivity index (χ0) is 10.7. The smallest absolute Gasteiger partial charge is 0.0624 e. The Bertz CT molecular complexity index is 306. The molecule has 15 heavy (non-hydrogen) atoms. The van der Waals surface area contributed by atoms with Crippen molar-refractivity contribution in [1.82, 2.24) is 0 Å². The van der Waals surface area contributed by atoms with Crippen LogP contribution in [0.25, 0.3) is 0 Å². The molecular weight excluding hydrogens is 190 g/mol. The van der Waals surface area contributed by atoms with Crippen molar-refractivity contribution < 1.29 is 9.84 Å². The summed E-state index contributed by atoms with van der Waals surface area (Å²) in [7, 11) is 0. The standard InChI is InChI=1S/C12H17NO2/c13-12(6-14)11-3-1-9(2-4-11)5-10-7-15-8-10/h1-4,10,12,14H,5-8,13H2. The third-order valence-electron chi connectivity index (χ3n) is 2.84. The predicted molar refractivity (Wildman–Crippen MR) is 58.5 cm³/mol. The molecule has 0 bridgehead atoms. The molecule has 0 saturated carbocycles. The summed E-state index contributed by atoms with van der Waals surface area (Å²) in [4.78, 5) is 0. The Balaban J connectivity index is 1.96. The number of rotatable bonds is 4. The molecule has 1 aromatic rings. The van der Waals surface area contributed by atoms with E-state index < -0.39 is 0 Å². The highest BCUT2D eigenvalue weighted by Crippen LogP contribution is 2.18. The Labute approximate surface area is 89.9 Å². The molecule has 3 nitrogen and oxygen atoms in total. The SMILES string of the molecule is NC(CO)c1ccc(CC2COC2)cc1. The molecule has 0 radical (unpaired) electrons. The number of hydrogen-bond donors (Lipinski definition) is 2. The molecule has 1 aromatic carbocycles. The molecular formula is C12H17NO2. The second-order valence-electron chi connectivity index (χ2n) is 4.14. The van der Waals surface area contributed by atoms with E-state index in [1.165, 1.54) is 5.56 Å². The average Bonchev–Trinajstić information content (AvgIpc) is 2.23. The minimum absolute atomic E-state index is 0.00416. The zero-order valence-corrected chi connectivity index (χ0v) is 8.73. The van der Waals surface area contributed by atoms with Gasteiger partial charge in [0.15, 0.2) is 0 Å². The number of benzene rings is 1. The monoisotopic (exact) mass is 207 g/mol. The highest BCUT2D eigenvalue weighted by molar-refractivity contribution is 5.25. The molecule has 1 heterocycles. The number of aliphatic hydroxyl groups is 1. The first-order valence-electron chi connectivity index (χ1n) is 5.32. The third-order valence-corrected chi connectivity index (χ3v) is 2.84. The van der Waals surface area contributed by atoms with Gasteiger partial charge >= 0.3 is 0 Å². The van der Waals surface area contributed by atoms with Crippen LogP contribution in [0.15, 0.2) is 24.3 Å². The first-order valence-corrected chi connectivity index (χ1v) is 5.32. The van der Waals surface area contributed by atoms with Gasteiger partial charge in [-0.2, -0.15) is 0 Å². The molecule has 1 atom stereocenters. The van der Waals surface area contributed by atoms with Crippen LogP contribution in [0.3, 0.4) is 0 Å². The second-order valence-corrected chi connectivity index (χ2v) is 4.14. The summed E-state index contributed by atoms with van der Waals surface area (Å²) in [5.41, 5.74) is 8.02. The van der Waals surface area contributed by atoms with E-state index in [0.717, 1.165) is 25.2 Å². The fourth-order valence-corrected chi connectivity index (χ4v) is 1.74. The van der Waals surface area contributed by atoms with Gasteiger partial charge in [0.05, 0.1) is 25.9 Å². The summed E-state index contributed by atoms with van der Waals surface area (Å²) in [6.45, 7) is 1.77. The number of nitrogens with two attached hydrogens (primary N) is 1. The molecule has 2 rings (SSSR count). The molecule has 3 N–H and O–H groups in total. The van der Waals surface area contributed by atoms with Crippen LogP contribution in [0.5, 0.6) is 0 Å². The number of hydrogen-bond acceptors (Lipinski definition) is 3. The van der Waals surface area contributed by atoms with E-state index in [1.807, 2.05) is 12.1 Å². The Hall–Kier alpha value is -0.900. The van der Waals surface area contributed by atoms with Crippen molar-refractivity contribution in [2.45, 2.75) is 12.5 Å². The minimum Gasteiger partial charge on any atom is -0.394 e. The molecule has 1 fully saturated rings. The van der Waals surface area contributed by atoms with E-state index in [9.17, 15) is 0 Å². The lowest BCUT2D eigenvalue weighted by Crippen LogP contribution is -2.29. The van der Waals surface area contributed by atoms with Crippen molar-refractivity contribution in [3.05, 3.63) is 35.4 Å². The molecule has 1 aliphatic heterocycles. The second kappa shape index (κ2) is 4.75. The lowest BCUT2D eigenvalue weighted by Gasteiger charge is -2.25. The molecule has 1 aliphatic rings. The van der Waals surface area contributed by atoms with Gasteiger partial charge in [-0.25, -0.2) is 0 Å². The van der Waals surface area contributed by atoms with Crippen LogP contribution in [0.4, 0.5) is 0 Å². The van der Waals surface area contributed by atoms with Gasteiger partial charge in [-0.3, -0.25) is 0 Å². The van der Waals surface area contributed by atoms with Gasteiger partial charge in [0.1, 0.15) is 0 Å². The summed E-state index contributed by atoms with van der Waals surface area (Å²) in [5.74, 6) is 0.683. The Morgan fingerprint density at radius 1 is 1.33 bits per heavy atom. The maximum Gasteiger partial charge on any atom is 0.0624 e. The van der Waals surface area contributed by atoms with Crippen LogP contribution in [0.2, 0.25) is 0 Å². The zero-order valence-electron chi connectivity index (χ0n) is 8.73. The maximum absolute atomic E-state index is 8.91. The lowest BCUT2D eigenvalue weighted by molar-refractivity contribution is -0.0312. The highest BCUT2D eigenvalue weighted by atomic mass is 16.5. The lowest BCUT2D eigenvalue weighted by atomic mass is 9.96. The van der Waals surface area contributed by atoms with E-state index in [1.54, 1.807) is 0 Å². The van der Waals surface area contributed by atoms with Crippen LogP contribution in [-0.4, -0.2) is 24.9 Å². The molecule has 0 aliphatic carbocycles. The molecule has 0 spiro atoms. The van der Waals surface area contributed by atoms with Gasteiger partial charge in [-0.1, -0.05) is 24.3 Å². The van der Waals surface area contributed by atoms with Gasteiger partial charge in [-0.15, -0.1) is 0 Å². The quantitative estimate of drug-likeness (QED) is 0.770. The fraction of sp³-hybridized carbons (Fsp3) is 0.500. The first kappa shape index (κ1) is 10.6. The minimum atomic E-state index is -0.258. The van der Waals surface area contributed by atoms with Crippen molar-refractivity contribution in [1.29, 1.82) is 0 Å². The van der Waals surface area contributed by atoms with E-state index in [2.05, 4.69) is 12.1 Å². The Kier molecular flexibility index (Phi) is 3.36. The van der Waals surface area contributed by atoms with E-state index in [4.69, 9.17) is 15.6 Å². The predicted octanol–water partition coefficient (Wildman–Crippen LogP) is 0.868. The average molecular weight is 207 g/mol. The van der Waals surface area contributed by atoms with Crippen LogP contribution in [0.1, 0.15) is 17.2 Å². The van der Waals surface area contributed by atoms with Gasteiger partial charge in [0.2, 0.25) is 0 Å². The summed E-state index contributed by atoms with van der Waals surface area (Å²) < 4.78 is 5.13. The van der Waals surface area contributed by atoms with Gasteiger partial charge < -0.3 is 15.6 Å². The van der Waals surface area contributed by atoms with Crippen molar-refractivity contribution in [2.24, 2.45) is 11.7 Å². The van der Waals surface area contributed by atoms with Crippen molar-refractivity contribution >= 4 is 0 Å². The summed E-state index contributed by atoms with van der Waals surface area (Å²) in [6, 6.07) is 7.91. The fourth-order valence-electron chi connectivity index (χ4n) is 1.74. The van der Waals surface area contributed by atoms with Gasteiger partial charge in [0, 0.05) is 5.92 Å². The van der Waals surface area contributed by atoms with E-state index in [-0.39, 0.29) is 12.6 Å². The highest BCUT2D eigenvalue weighted by Gasteiger charge is 2.18. The molecule has 0 amide bonds. The van der Waals surface area contributed by atoms with Crippen molar-refractivity contribution in [3.63, 3.8) is 0 Å². The third kappa shape index (κ3) is 2.56. The summed E-state index contributed by atoms with van der Waals surface area (Å²) >= 11 is 0. The van der Waals surface area contributed by atoms with Crippen LogP contribution < -0.4 is 5.73 Å². The molecule has 0 aromatic heterocycles. The van der Waals surface area contributed by atoms with Crippen LogP contribution in [0, 0.1) is 5.92 Å². The molecule has 1 unspecified atom stereocenters. The van der Waals surface area contributed by atoms with E-state index >= 15 is 0 Å². The molecule has 3 heteroatoms. The molecule has 1 saturated heterocycles. The Morgan fingerprint density at radius 2 is 2.00 bits per heavy atom. The van der Waals surface area contributed by atoms with Crippen molar-refractivity contribution in [2.75, 3.05) is 19.8 Å². The van der Waals surface area contributed by atoms with Crippen LogP contribution >= 0.6 is 0 Å². The molecule has 82 valence electrons. The number of ether oxygens (including phenoxy) is 1. The van der Waals surface area contributed by atoms with E-state index in [0.29, 0.717) is 5.92 Å². The first-order chi connectivity index (χ1) is 7.29. The summed E-state index contributed by atoms with van der Waals surface area (Å²) in [6.07, 6.45) is 1.08. The van der Waals surface area contributed by atoms with Gasteiger partial charge in [-0.05, 0) is 17.5 Å². The maximum atomic E-state index is 8.91. The normalized spacial score (nSPS) is 18.5. The Morgan fingerprint density at radius 3 is 2.47 bits per heavy atom. The largest absolute Gasteiger partial charge is 0.394 e. The topological polar surface area (TPSA) is 55.5 Å².